The van der Waals surface area contributed by atoms with E-state index in [1.54, 1.807) is 12.2 Å². The van der Waals surface area contributed by atoms with E-state index < -0.39 is 5.41 Å². The summed E-state index contributed by atoms with van der Waals surface area (Å²) in [4.78, 5) is 11.9. The highest BCUT2D eigenvalue weighted by Crippen LogP contribution is 2.53. The number of rotatable bonds is 2. The van der Waals surface area contributed by atoms with Crippen LogP contribution in [-0.4, -0.2) is 17.0 Å². The Morgan fingerprint density at radius 3 is 1.65 bits per heavy atom. The van der Waals surface area contributed by atoms with E-state index in [0.717, 1.165) is 0 Å². The van der Waals surface area contributed by atoms with Crippen LogP contribution in [0.3, 0.4) is 0 Å². The molecular formula is C18H38O2. The largest absolute Gasteiger partial charge is 0.393 e. The lowest BCUT2D eigenvalue weighted by Crippen LogP contribution is -2.36. The fraction of sp³-hybridized carbons (Fsp3) is 0.833. The van der Waals surface area contributed by atoms with Gasteiger partial charge in [0.1, 0.15) is 0 Å². The molecule has 2 heteroatoms. The molecule has 0 aliphatic heterocycles. The molecule has 2 atom stereocenters. The minimum Gasteiger partial charge on any atom is -0.393 e. The van der Waals surface area contributed by atoms with Crippen LogP contribution in [0.25, 0.3) is 0 Å². The van der Waals surface area contributed by atoms with Gasteiger partial charge in [-0.15, -0.1) is 0 Å². The van der Waals surface area contributed by atoms with Crippen molar-refractivity contribution < 1.29 is 9.90 Å². The van der Waals surface area contributed by atoms with Gasteiger partial charge < -0.3 is 5.11 Å². The monoisotopic (exact) mass is 286 g/mol. The average Bonchev–Trinajstić information content (AvgIpc) is 2.66. The van der Waals surface area contributed by atoms with Crippen LogP contribution in [0.15, 0.2) is 12.2 Å². The Hall–Kier alpha value is -0.630. The zero-order valence-electron chi connectivity index (χ0n) is 15.5. The van der Waals surface area contributed by atoms with E-state index in [2.05, 4.69) is 13.8 Å². The van der Waals surface area contributed by atoms with Crippen molar-refractivity contribution in [2.75, 3.05) is 0 Å². The van der Waals surface area contributed by atoms with Gasteiger partial charge in [0.25, 0.3) is 0 Å². The first-order valence-corrected chi connectivity index (χ1v) is 8.19. The van der Waals surface area contributed by atoms with E-state index >= 15 is 0 Å². The van der Waals surface area contributed by atoms with Crippen molar-refractivity contribution in [1.82, 2.24) is 0 Å². The summed E-state index contributed by atoms with van der Waals surface area (Å²) < 4.78 is 0. The van der Waals surface area contributed by atoms with Gasteiger partial charge in [0.2, 0.25) is 0 Å². The minimum atomic E-state index is -0.404. The van der Waals surface area contributed by atoms with Gasteiger partial charge in [-0.05, 0) is 31.3 Å². The fourth-order valence-electron chi connectivity index (χ4n) is 2.40. The van der Waals surface area contributed by atoms with Crippen molar-refractivity contribution in [1.29, 1.82) is 0 Å². The predicted octanol–water partition coefficient (Wildman–Crippen LogP) is 5.40. The summed E-state index contributed by atoms with van der Waals surface area (Å²) in [5, 5.41) is 9.64. The number of hydrogen-bond donors (Lipinski definition) is 1. The number of aliphatic hydroxyl groups excluding tert-OH is 1. The predicted molar refractivity (Wildman–Crippen MR) is 91.0 cm³/mol. The van der Waals surface area contributed by atoms with Gasteiger partial charge in [0.15, 0.2) is 5.78 Å². The molecule has 122 valence electrons. The van der Waals surface area contributed by atoms with E-state index in [1.165, 1.54) is 0 Å². The minimum absolute atomic E-state index is 0.108. The van der Waals surface area contributed by atoms with Crippen molar-refractivity contribution in [2.45, 2.75) is 88.2 Å². The average molecular weight is 286 g/mol. The number of allylic oxidation sites excluding steroid dienone is 2. The maximum atomic E-state index is 11.9. The highest BCUT2D eigenvalue weighted by molar-refractivity contribution is 5.95. The van der Waals surface area contributed by atoms with Gasteiger partial charge in [0.05, 0.1) is 6.10 Å². The second kappa shape index (κ2) is 12.1. The number of aliphatic hydroxyl groups is 1. The summed E-state index contributed by atoms with van der Waals surface area (Å²) in [6, 6.07) is 0. The van der Waals surface area contributed by atoms with Gasteiger partial charge in [-0.25, -0.2) is 0 Å². The van der Waals surface area contributed by atoms with Crippen LogP contribution in [0, 0.1) is 10.8 Å². The van der Waals surface area contributed by atoms with Crippen LogP contribution in [0.2, 0.25) is 0 Å². The summed E-state index contributed by atoms with van der Waals surface area (Å²) in [7, 11) is 0. The Balaban J connectivity index is -0.000000425. The Morgan fingerprint density at radius 2 is 1.40 bits per heavy atom. The molecule has 20 heavy (non-hydrogen) atoms. The SMILES string of the molecule is C/C=C/C(=O)C1(C)CC(O)CC1(C)C.CC.CC.CC. The molecule has 1 aliphatic rings. The molecule has 0 spiro atoms. The summed E-state index contributed by atoms with van der Waals surface area (Å²) >= 11 is 0. The van der Waals surface area contributed by atoms with E-state index in [0.29, 0.717) is 12.8 Å². The molecule has 0 radical (unpaired) electrons. The Labute approximate surface area is 127 Å². The van der Waals surface area contributed by atoms with Crippen LogP contribution in [0.1, 0.15) is 82.1 Å². The van der Waals surface area contributed by atoms with Crippen LogP contribution < -0.4 is 0 Å². The lowest BCUT2D eigenvalue weighted by Gasteiger charge is -2.35. The maximum absolute atomic E-state index is 11.9. The molecule has 0 aromatic carbocycles. The third-order valence-corrected chi connectivity index (χ3v) is 3.75. The Morgan fingerprint density at radius 1 is 1.00 bits per heavy atom. The molecule has 0 aromatic heterocycles. The molecule has 1 N–H and O–H groups in total. The highest BCUT2D eigenvalue weighted by Gasteiger charge is 2.52. The lowest BCUT2D eigenvalue weighted by atomic mass is 9.67. The zero-order valence-corrected chi connectivity index (χ0v) is 15.5. The van der Waals surface area contributed by atoms with Crippen molar-refractivity contribution in [3.8, 4) is 0 Å². The summed E-state index contributed by atoms with van der Waals surface area (Å²) in [6.45, 7) is 19.9. The van der Waals surface area contributed by atoms with Crippen LogP contribution in [-0.2, 0) is 4.79 Å². The smallest absolute Gasteiger partial charge is 0.161 e. The quantitative estimate of drug-likeness (QED) is 0.690. The number of ketones is 1. The molecule has 1 aliphatic carbocycles. The molecular weight excluding hydrogens is 248 g/mol. The van der Waals surface area contributed by atoms with E-state index in [1.807, 2.05) is 55.4 Å². The van der Waals surface area contributed by atoms with Crippen LogP contribution in [0.5, 0.6) is 0 Å². The Bertz CT molecular complexity index is 267. The third kappa shape index (κ3) is 6.21. The van der Waals surface area contributed by atoms with Gasteiger partial charge in [-0.1, -0.05) is 68.4 Å². The van der Waals surface area contributed by atoms with E-state index in [9.17, 15) is 9.90 Å². The molecule has 0 bridgehead atoms. The van der Waals surface area contributed by atoms with Gasteiger partial charge in [-0.3, -0.25) is 4.79 Å². The van der Waals surface area contributed by atoms with E-state index in [-0.39, 0.29) is 17.3 Å². The fourth-order valence-corrected chi connectivity index (χ4v) is 2.40. The van der Waals surface area contributed by atoms with Gasteiger partial charge in [0, 0.05) is 5.41 Å². The molecule has 1 rings (SSSR count). The van der Waals surface area contributed by atoms with Crippen molar-refractivity contribution in [2.24, 2.45) is 10.8 Å². The maximum Gasteiger partial charge on any atom is 0.161 e. The molecule has 1 saturated carbocycles. The highest BCUT2D eigenvalue weighted by atomic mass is 16.3. The zero-order chi connectivity index (χ0) is 17.0. The van der Waals surface area contributed by atoms with Gasteiger partial charge in [-0.2, -0.15) is 0 Å². The number of carbonyl (C=O) groups excluding carboxylic acids is 1. The Kier molecular flexibility index (Phi) is 14.8. The lowest BCUT2D eigenvalue weighted by molar-refractivity contribution is -0.127. The molecule has 0 amide bonds. The number of carbonyl (C=O) groups is 1. The van der Waals surface area contributed by atoms with Crippen molar-refractivity contribution in [3.05, 3.63) is 12.2 Å². The molecule has 2 nitrogen and oxygen atoms in total. The first kappa shape index (κ1) is 24.4. The summed E-state index contributed by atoms with van der Waals surface area (Å²) in [5.41, 5.74) is -0.512. The summed E-state index contributed by atoms with van der Waals surface area (Å²) in [6.07, 6.45) is 4.37. The molecule has 1 fully saturated rings. The molecule has 2 unspecified atom stereocenters. The standard InChI is InChI=1S/C12H20O2.3C2H6/c1-5-6-10(14)12(4)8-9(13)7-11(12,2)3;3*1-2/h5-6,9,13H,7-8H2,1-4H3;3*1-2H3/b6-5+;;;. The second-order valence-electron chi connectivity index (χ2n) is 5.14. The third-order valence-electron chi connectivity index (χ3n) is 3.75. The molecule has 0 aromatic rings. The first-order valence-electron chi connectivity index (χ1n) is 8.19. The molecule has 0 heterocycles. The van der Waals surface area contributed by atoms with E-state index in [4.69, 9.17) is 0 Å². The molecule has 0 saturated heterocycles. The summed E-state index contributed by atoms with van der Waals surface area (Å²) in [5.74, 6) is 0.140. The second-order valence-corrected chi connectivity index (χ2v) is 5.14. The van der Waals surface area contributed by atoms with Crippen LogP contribution in [0.4, 0.5) is 0 Å². The first-order chi connectivity index (χ1) is 9.33. The van der Waals surface area contributed by atoms with Gasteiger partial charge >= 0.3 is 0 Å². The van der Waals surface area contributed by atoms with Crippen LogP contribution >= 0.6 is 0 Å². The number of hydrogen-bond acceptors (Lipinski definition) is 2. The normalized spacial score (nSPS) is 26.4. The topological polar surface area (TPSA) is 37.3 Å². The van der Waals surface area contributed by atoms with Crippen molar-refractivity contribution >= 4 is 5.78 Å². The van der Waals surface area contributed by atoms with Crippen molar-refractivity contribution in [3.63, 3.8) is 0 Å².